The van der Waals surface area contributed by atoms with Crippen molar-refractivity contribution in [2.75, 3.05) is 5.32 Å². The van der Waals surface area contributed by atoms with Crippen LogP contribution in [-0.4, -0.2) is 11.9 Å². The van der Waals surface area contributed by atoms with E-state index in [-0.39, 0.29) is 0 Å². The largest absolute Gasteiger partial charge is 0.326 e. The molecule has 0 aliphatic rings. The SMILES string of the molecule is C/C(=C\c1ccccc1)C(=O)NC(=O)Nc1ccccc1. The second kappa shape index (κ2) is 7.05. The first-order valence-electron chi connectivity index (χ1n) is 6.56. The summed E-state index contributed by atoms with van der Waals surface area (Å²) in [5.41, 5.74) is 2.01. The summed E-state index contributed by atoms with van der Waals surface area (Å²) in [7, 11) is 0. The number of para-hydroxylation sites is 1. The van der Waals surface area contributed by atoms with Gasteiger partial charge in [0.1, 0.15) is 0 Å². The Kier molecular flexibility index (Phi) is 4.88. The van der Waals surface area contributed by atoms with Crippen LogP contribution in [0.1, 0.15) is 12.5 Å². The molecule has 3 amide bonds. The van der Waals surface area contributed by atoms with Crippen LogP contribution in [0.2, 0.25) is 0 Å². The Morgan fingerprint density at radius 3 is 2.10 bits per heavy atom. The van der Waals surface area contributed by atoms with Gasteiger partial charge in [-0.3, -0.25) is 10.1 Å². The molecule has 21 heavy (non-hydrogen) atoms. The van der Waals surface area contributed by atoms with E-state index in [0.717, 1.165) is 5.56 Å². The standard InChI is InChI=1S/C17H16N2O2/c1-13(12-14-8-4-2-5-9-14)16(20)19-17(21)18-15-10-6-3-7-11-15/h2-12H,1H3,(H2,18,19,20,21)/b13-12+. The van der Waals surface area contributed by atoms with Gasteiger partial charge in [0.2, 0.25) is 0 Å². The molecule has 0 atom stereocenters. The molecule has 0 bridgehead atoms. The smallest absolute Gasteiger partial charge is 0.308 e. The first-order chi connectivity index (χ1) is 10.1. The van der Waals surface area contributed by atoms with Crippen molar-refractivity contribution >= 4 is 23.7 Å². The van der Waals surface area contributed by atoms with E-state index in [1.807, 2.05) is 36.4 Å². The summed E-state index contributed by atoms with van der Waals surface area (Å²) >= 11 is 0. The number of amides is 3. The zero-order chi connectivity index (χ0) is 15.1. The number of carbonyl (C=O) groups excluding carboxylic acids is 2. The molecule has 106 valence electrons. The molecule has 0 saturated heterocycles. The molecule has 2 aromatic rings. The molecular formula is C17H16N2O2. The summed E-state index contributed by atoms with van der Waals surface area (Å²) in [5, 5.41) is 4.88. The lowest BCUT2D eigenvalue weighted by Crippen LogP contribution is -2.34. The fourth-order valence-corrected chi connectivity index (χ4v) is 1.75. The van der Waals surface area contributed by atoms with E-state index in [4.69, 9.17) is 0 Å². The number of carbonyl (C=O) groups is 2. The molecule has 2 N–H and O–H groups in total. The molecule has 0 heterocycles. The Morgan fingerprint density at radius 1 is 0.905 bits per heavy atom. The maximum atomic E-state index is 11.9. The molecule has 0 spiro atoms. The average molecular weight is 280 g/mol. The van der Waals surface area contributed by atoms with Gasteiger partial charge in [-0.15, -0.1) is 0 Å². The predicted octanol–water partition coefficient (Wildman–Crippen LogP) is 3.44. The average Bonchev–Trinajstić information content (AvgIpc) is 2.49. The molecule has 0 radical (unpaired) electrons. The number of rotatable bonds is 3. The minimum Gasteiger partial charge on any atom is -0.308 e. The number of benzene rings is 2. The highest BCUT2D eigenvalue weighted by atomic mass is 16.2. The lowest BCUT2D eigenvalue weighted by atomic mass is 10.1. The van der Waals surface area contributed by atoms with Crippen LogP contribution in [-0.2, 0) is 4.79 Å². The maximum Gasteiger partial charge on any atom is 0.326 e. The van der Waals surface area contributed by atoms with Crippen LogP contribution in [0.4, 0.5) is 10.5 Å². The van der Waals surface area contributed by atoms with Gasteiger partial charge >= 0.3 is 6.03 Å². The summed E-state index contributed by atoms with van der Waals surface area (Å²) in [6, 6.07) is 17.9. The van der Waals surface area contributed by atoms with Crippen LogP contribution in [0, 0.1) is 0 Å². The first-order valence-corrected chi connectivity index (χ1v) is 6.56. The van der Waals surface area contributed by atoms with Gasteiger partial charge in [-0.1, -0.05) is 48.5 Å². The second-order valence-corrected chi connectivity index (χ2v) is 4.51. The summed E-state index contributed by atoms with van der Waals surface area (Å²) in [6.07, 6.45) is 1.73. The van der Waals surface area contributed by atoms with Crippen molar-refractivity contribution in [3.05, 3.63) is 71.8 Å². The highest BCUT2D eigenvalue weighted by Crippen LogP contribution is 2.07. The van der Waals surface area contributed by atoms with E-state index in [2.05, 4.69) is 10.6 Å². The van der Waals surface area contributed by atoms with Gasteiger partial charge in [-0.05, 0) is 30.7 Å². The quantitative estimate of drug-likeness (QED) is 0.846. The maximum absolute atomic E-state index is 11.9. The molecule has 2 rings (SSSR count). The topological polar surface area (TPSA) is 58.2 Å². The zero-order valence-electron chi connectivity index (χ0n) is 11.7. The van der Waals surface area contributed by atoms with Crippen LogP contribution >= 0.6 is 0 Å². The number of imide groups is 1. The normalized spacial score (nSPS) is 10.8. The Bertz CT molecular complexity index is 649. The lowest BCUT2D eigenvalue weighted by Gasteiger charge is -2.06. The number of nitrogens with one attached hydrogen (secondary N) is 2. The third-order valence-electron chi connectivity index (χ3n) is 2.80. The van der Waals surface area contributed by atoms with Crippen LogP contribution < -0.4 is 10.6 Å². The van der Waals surface area contributed by atoms with Gasteiger partial charge in [0.15, 0.2) is 0 Å². The van der Waals surface area contributed by atoms with Crippen LogP contribution in [0.5, 0.6) is 0 Å². The van der Waals surface area contributed by atoms with E-state index in [9.17, 15) is 9.59 Å². The number of urea groups is 1. The molecule has 0 aliphatic heterocycles. The summed E-state index contributed by atoms with van der Waals surface area (Å²) in [6.45, 7) is 1.66. The minimum atomic E-state index is -0.549. The zero-order valence-corrected chi connectivity index (χ0v) is 11.7. The van der Waals surface area contributed by atoms with E-state index in [1.54, 1.807) is 37.3 Å². The van der Waals surface area contributed by atoms with E-state index < -0.39 is 11.9 Å². The van der Waals surface area contributed by atoms with Crippen molar-refractivity contribution < 1.29 is 9.59 Å². The highest BCUT2D eigenvalue weighted by Gasteiger charge is 2.09. The van der Waals surface area contributed by atoms with Gasteiger partial charge < -0.3 is 5.32 Å². The Balaban J connectivity index is 1.95. The Morgan fingerprint density at radius 2 is 1.48 bits per heavy atom. The van der Waals surface area contributed by atoms with Crippen molar-refractivity contribution in [3.8, 4) is 0 Å². The van der Waals surface area contributed by atoms with Gasteiger partial charge in [0.25, 0.3) is 5.91 Å². The van der Waals surface area contributed by atoms with Gasteiger partial charge in [0.05, 0.1) is 0 Å². The van der Waals surface area contributed by atoms with Gasteiger partial charge in [-0.25, -0.2) is 4.79 Å². The fourth-order valence-electron chi connectivity index (χ4n) is 1.75. The molecule has 0 aliphatic carbocycles. The molecule has 0 unspecified atom stereocenters. The molecule has 2 aromatic carbocycles. The molecule has 0 fully saturated rings. The lowest BCUT2D eigenvalue weighted by molar-refractivity contribution is -0.116. The predicted molar refractivity (Wildman–Crippen MR) is 83.7 cm³/mol. The van der Waals surface area contributed by atoms with Crippen molar-refractivity contribution in [3.63, 3.8) is 0 Å². The molecule has 0 aromatic heterocycles. The second-order valence-electron chi connectivity index (χ2n) is 4.51. The van der Waals surface area contributed by atoms with Gasteiger partial charge in [0, 0.05) is 11.3 Å². The third kappa shape index (κ3) is 4.62. The van der Waals surface area contributed by atoms with E-state index in [0.29, 0.717) is 11.3 Å². The third-order valence-corrected chi connectivity index (χ3v) is 2.80. The summed E-state index contributed by atoms with van der Waals surface area (Å²) in [4.78, 5) is 23.6. The molecule has 4 heteroatoms. The van der Waals surface area contributed by atoms with Crippen LogP contribution in [0.25, 0.3) is 6.08 Å². The van der Waals surface area contributed by atoms with E-state index >= 15 is 0 Å². The number of anilines is 1. The van der Waals surface area contributed by atoms with Crippen molar-refractivity contribution in [1.82, 2.24) is 5.32 Å². The molecule has 0 saturated carbocycles. The number of hydrogen-bond donors (Lipinski definition) is 2. The van der Waals surface area contributed by atoms with Crippen LogP contribution in [0.15, 0.2) is 66.2 Å². The summed E-state index contributed by atoms with van der Waals surface area (Å²) < 4.78 is 0. The Hall–Kier alpha value is -2.88. The van der Waals surface area contributed by atoms with Gasteiger partial charge in [-0.2, -0.15) is 0 Å². The molecular weight excluding hydrogens is 264 g/mol. The highest BCUT2D eigenvalue weighted by molar-refractivity contribution is 6.09. The summed E-state index contributed by atoms with van der Waals surface area (Å²) in [5.74, 6) is -0.424. The minimum absolute atomic E-state index is 0.424. The first kappa shape index (κ1) is 14.5. The fraction of sp³-hybridized carbons (Fsp3) is 0.0588. The Labute approximate surface area is 123 Å². The number of hydrogen-bond acceptors (Lipinski definition) is 2. The van der Waals surface area contributed by atoms with Crippen molar-refractivity contribution in [2.45, 2.75) is 6.92 Å². The van der Waals surface area contributed by atoms with Crippen molar-refractivity contribution in [1.29, 1.82) is 0 Å². The van der Waals surface area contributed by atoms with Crippen LogP contribution in [0.3, 0.4) is 0 Å². The van der Waals surface area contributed by atoms with E-state index in [1.165, 1.54) is 0 Å². The monoisotopic (exact) mass is 280 g/mol. The van der Waals surface area contributed by atoms with Crippen molar-refractivity contribution in [2.24, 2.45) is 0 Å². The molecule has 4 nitrogen and oxygen atoms in total.